The van der Waals surface area contributed by atoms with Gasteiger partial charge in [0.1, 0.15) is 11.0 Å². The van der Waals surface area contributed by atoms with Crippen molar-refractivity contribution in [3.05, 3.63) is 63.9 Å². The molecule has 0 unspecified atom stereocenters. The van der Waals surface area contributed by atoms with Gasteiger partial charge in [0.2, 0.25) is 0 Å². The quantitative estimate of drug-likeness (QED) is 0.454. The predicted molar refractivity (Wildman–Crippen MR) is 111 cm³/mol. The number of fused-ring (bicyclic) bond motifs is 1. The van der Waals surface area contributed by atoms with Crippen molar-refractivity contribution in [2.45, 2.75) is 41.5 Å². The minimum atomic E-state index is -0.342. The number of benzene rings is 1. The molecule has 2 aromatic heterocycles. The van der Waals surface area contributed by atoms with E-state index in [-0.39, 0.29) is 16.4 Å². The zero-order valence-electron chi connectivity index (χ0n) is 16.6. The van der Waals surface area contributed by atoms with Gasteiger partial charge in [-0.05, 0) is 23.8 Å². The monoisotopic (exact) mass is 378 g/mol. The Morgan fingerprint density at radius 2 is 1.50 bits per heavy atom. The summed E-state index contributed by atoms with van der Waals surface area (Å²) in [6.07, 6.45) is 3.27. The van der Waals surface area contributed by atoms with Crippen molar-refractivity contribution >= 4 is 22.5 Å². The van der Waals surface area contributed by atoms with E-state index in [0.717, 1.165) is 0 Å². The Morgan fingerprint density at radius 1 is 0.962 bits per heavy atom. The van der Waals surface area contributed by atoms with Crippen LogP contribution < -0.4 is 5.43 Å². The summed E-state index contributed by atoms with van der Waals surface area (Å²) in [5.74, 6) is -0.342. The third-order valence-electron chi connectivity index (χ3n) is 3.21. The molecule has 0 atom stereocenters. The average molecular weight is 379 g/mol. The molecule has 3 rings (SSSR count). The van der Waals surface area contributed by atoms with E-state index in [9.17, 15) is 9.18 Å². The molecule has 0 aliphatic rings. The fraction of sp³-hybridized carbons (Fsp3) is 0.333. The maximum absolute atomic E-state index is 13.0. The lowest BCUT2D eigenvalue weighted by atomic mass is 10.1. The number of hydrogen-bond acceptors (Lipinski definition) is 2. The second-order valence-electron chi connectivity index (χ2n) is 4.49. The molecule has 5 heteroatoms. The number of aromatic nitrogens is 2. The molecule has 3 nitrogen and oxygen atoms in total. The summed E-state index contributed by atoms with van der Waals surface area (Å²) in [5, 5.41) is 0.547. The number of aryl methyl sites for hydroxylation is 1. The highest BCUT2D eigenvalue weighted by atomic mass is 35.5. The first-order valence-electron chi connectivity index (χ1n) is 8.97. The highest BCUT2D eigenvalue weighted by Crippen LogP contribution is 2.22. The van der Waals surface area contributed by atoms with Crippen LogP contribution in [0.15, 0.2) is 47.5 Å². The largest absolute Gasteiger partial charge is 0.350 e. The van der Waals surface area contributed by atoms with Crippen molar-refractivity contribution in [2.24, 2.45) is 7.05 Å². The third-order valence-corrected chi connectivity index (χ3v) is 3.50. The van der Waals surface area contributed by atoms with Gasteiger partial charge in [0, 0.05) is 25.0 Å². The van der Waals surface area contributed by atoms with E-state index in [1.807, 2.05) is 53.2 Å². The molecule has 0 bridgehead atoms. The molecule has 2 heterocycles. The zero-order chi connectivity index (χ0) is 20.3. The van der Waals surface area contributed by atoms with Crippen LogP contribution in [0.4, 0.5) is 4.39 Å². The second-order valence-corrected chi connectivity index (χ2v) is 4.84. The molecule has 1 aromatic carbocycles. The Kier molecular flexibility index (Phi) is 11.2. The van der Waals surface area contributed by atoms with E-state index < -0.39 is 0 Å². The molecular weight excluding hydrogens is 351 g/mol. The summed E-state index contributed by atoms with van der Waals surface area (Å²) >= 11 is 6.03. The molecule has 0 saturated heterocycles. The van der Waals surface area contributed by atoms with Crippen molar-refractivity contribution in [1.82, 2.24) is 9.55 Å². The van der Waals surface area contributed by atoms with Crippen molar-refractivity contribution in [1.29, 1.82) is 0 Å². The average Bonchev–Trinajstić information content (AvgIpc) is 2.70. The zero-order valence-corrected chi connectivity index (χ0v) is 17.4. The van der Waals surface area contributed by atoms with Crippen molar-refractivity contribution in [2.75, 3.05) is 0 Å². The molecule has 0 aliphatic carbocycles. The van der Waals surface area contributed by atoms with Crippen LogP contribution in [0.1, 0.15) is 41.5 Å². The lowest BCUT2D eigenvalue weighted by Crippen LogP contribution is -2.11. The van der Waals surface area contributed by atoms with Crippen LogP contribution in [0.3, 0.4) is 0 Å². The number of nitrogens with zero attached hydrogens (tertiary/aromatic N) is 2. The van der Waals surface area contributed by atoms with Crippen molar-refractivity contribution < 1.29 is 4.39 Å². The van der Waals surface area contributed by atoms with Crippen LogP contribution in [-0.4, -0.2) is 9.55 Å². The first kappa shape index (κ1) is 23.8. The molecule has 0 N–H and O–H groups in total. The van der Waals surface area contributed by atoms with Crippen LogP contribution in [-0.2, 0) is 7.05 Å². The van der Waals surface area contributed by atoms with Gasteiger partial charge in [-0.3, -0.25) is 4.79 Å². The van der Waals surface area contributed by atoms with Crippen LogP contribution >= 0.6 is 11.6 Å². The fourth-order valence-electron chi connectivity index (χ4n) is 2.22. The normalized spacial score (nSPS) is 9.12. The van der Waals surface area contributed by atoms with Gasteiger partial charge in [-0.2, -0.15) is 0 Å². The molecule has 26 heavy (non-hydrogen) atoms. The lowest BCUT2D eigenvalue weighted by molar-refractivity contribution is 0.628. The van der Waals surface area contributed by atoms with Gasteiger partial charge in [0.15, 0.2) is 5.43 Å². The molecular formula is C21H28ClFN2O. The summed E-state index contributed by atoms with van der Waals surface area (Å²) < 4.78 is 14.8. The smallest absolute Gasteiger partial charge is 0.200 e. The van der Waals surface area contributed by atoms with E-state index in [4.69, 9.17) is 11.6 Å². The van der Waals surface area contributed by atoms with Crippen molar-refractivity contribution in [3.63, 3.8) is 0 Å². The first-order valence-corrected chi connectivity index (χ1v) is 9.35. The molecule has 0 radical (unpaired) electrons. The molecule has 0 saturated carbocycles. The van der Waals surface area contributed by atoms with Gasteiger partial charge in [0.25, 0.3) is 0 Å². The number of halogens is 2. The SMILES string of the molecule is CC.CC.CC.Cn1cc(-c2ccc(F)cc2)c(=O)c2c(Cl)nccc21. The first-order chi connectivity index (χ1) is 12.6. The highest BCUT2D eigenvalue weighted by Gasteiger charge is 2.12. The van der Waals surface area contributed by atoms with E-state index in [2.05, 4.69) is 4.98 Å². The van der Waals surface area contributed by atoms with Crippen LogP contribution in [0.5, 0.6) is 0 Å². The molecule has 0 amide bonds. The van der Waals surface area contributed by atoms with E-state index in [1.165, 1.54) is 12.1 Å². The Bertz CT molecular complexity index is 858. The highest BCUT2D eigenvalue weighted by molar-refractivity contribution is 6.34. The molecule has 0 spiro atoms. The summed E-state index contributed by atoms with van der Waals surface area (Å²) in [6, 6.07) is 7.52. The molecule has 3 aromatic rings. The van der Waals surface area contributed by atoms with E-state index in [0.29, 0.717) is 22.0 Å². The number of pyridine rings is 2. The second kappa shape index (κ2) is 12.2. The summed E-state index contributed by atoms with van der Waals surface area (Å²) in [7, 11) is 1.82. The van der Waals surface area contributed by atoms with E-state index >= 15 is 0 Å². The maximum Gasteiger partial charge on any atom is 0.200 e. The standard InChI is InChI=1S/C15H10ClFN2O.3C2H6/c1-19-8-11(9-2-4-10(17)5-3-9)14(20)13-12(19)6-7-18-15(13)16;3*1-2/h2-8H,1H3;3*1-2H3. The Labute approximate surface area is 160 Å². The Hall–Kier alpha value is -2.20. The van der Waals surface area contributed by atoms with E-state index in [1.54, 1.807) is 30.6 Å². The topological polar surface area (TPSA) is 34.9 Å². The van der Waals surface area contributed by atoms with Gasteiger partial charge in [-0.25, -0.2) is 9.37 Å². The van der Waals surface area contributed by atoms with Crippen LogP contribution in [0.2, 0.25) is 5.15 Å². The van der Waals surface area contributed by atoms with Gasteiger partial charge in [0.05, 0.1) is 10.9 Å². The van der Waals surface area contributed by atoms with Gasteiger partial charge in [-0.15, -0.1) is 0 Å². The predicted octanol–water partition coefficient (Wildman–Crippen LogP) is 6.47. The summed E-state index contributed by atoms with van der Waals surface area (Å²) in [6.45, 7) is 12.0. The van der Waals surface area contributed by atoms with Gasteiger partial charge < -0.3 is 4.57 Å². The minimum Gasteiger partial charge on any atom is -0.350 e. The molecule has 142 valence electrons. The maximum atomic E-state index is 13.0. The molecule has 0 aliphatic heterocycles. The molecule has 0 fully saturated rings. The summed E-state index contributed by atoms with van der Waals surface area (Å²) in [5.41, 5.74) is 1.62. The van der Waals surface area contributed by atoms with Crippen LogP contribution in [0, 0.1) is 5.82 Å². The number of rotatable bonds is 1. The van der Waals surface area contributed by atoms with Gasteiger partial charge in [-0.1, -0.05) is 65.3 Å². The number of hydrogen-bond donors (Lipinski definition) is 0. The summed E-state index contributed by atoms with van der Waals surface area (Å²) in [4.78, 5) is 16.5. The van der Waals surface area contributed by atoms with Gasteiger partial charge >= 0.3 is 0 Å². The van der Waals surface area contributed by atoms with Crippen molar-refractivity contribution in [3.8, 4) is 11.1 Å². The minimum absolute atomic E-state index is 0.173. The Morgan fingerprint density at radius 3 is 2.04 bits per heavy atom. The lowest BCUT2D eigenvalue weighted by Gasteiger charge is -2.09. The Balaban J connectivity index is 0.000000948. The third kappa shape index (κ3) is 5.40. The fourth-order valence-corrected chi connectivity index (χ4v) is 2.46. The van der Waals surface area contributed by atoms with Crippen LogP contribution in [0.25, 0.3) is 22.0 Å².